The maximum absolute atomic E-state index is 10.7. The zero-order valence-corrected chi connectivity index (χ0v) is 11.0. The van der Waals surface area contributed by atoms with Crippen molar-refractivity contribution in [2.24, 2.45) is 0 Å². The topological polar surface area (TPSA) is 32.3 Å². The molecule has 1 aliphatic heterocycles. The quantitative estimate of drug-likeness (QED) is 0.849. The molecule has 0 aliphatic carbocycles. The van der Waals surface area contributed by atoms with Crippen molar-refractivity contribution in [3.05, 3.63) is 34.9 Å². The van der Waals surface area contributed by atoms with E-state index < -0.39 is 5.60 Å². The monoisotopic (exact) mass is 253 g/mol. The third-order valence-electron chi connectivity index (χ3n) is 3.67. The predicted octanol–water partition coefficient (Wildman–Crippen LogP) is 3.08. The largest absolute Gasteiger partial charge is 0.384 e. The zero-order valence-electron chi connectivity index (χ0n) is 10.2. The second kappa shape index (κ2) is 5.38. The minimum Gasteiger partial charge on any atom is -0.384 e. The Morgan fingerprint density at radius 2 is 1.94 bits per heavy atom. The predicted molar refractivity (Wildman–Crippen MR) is 71.3 cm³/mol. The summed E-state index contributed by atoms with van der Waals surface area (Å²) in [7, 11) is 0. The van der Waals surface area contributed by atoms with Gasteiger partial charge in [0.2, 0.25) is 0 Å². The summed E-state index contributed by atoms with van der Waals surface area (Å²) in [5.41, 5.74) is 0.107. The van der Waals surface area contributed by atoms with Crippen molar-refractivity contribution in [3.8, 4) is 0 Å². The Morgan fingerprint density at radius 3 is 2.65 bits per heavy atom. The van der Waals surface area contributed by atoms with E-state index in [0.29, 0.717) is 5.02 Å². The van der Waals surface area contributed by atoms with Gasteiger partial charge in [0.15, 0.2) is 0 Å². The van der Waals surface area contributed by atoms with Crippen molar-refractivity contribution in [3.63, 3.8) is 0 Å². The van der Waals surface area contributed by atoms with Gasteiger partial charge in [-0.15, -0.1) is 0 Å². The lowest BCUT2D eigenvalue weighted by molar-refractivity contribution is 0.0136. The number of rotatable bonds is 2. The molecular formula is C14H20ClNO. The average molecular weight is 254 g/mol. The first kappa shape index (κ1) is 12.9. The van der Waals surface area contributed by atoms with Crippen LogP contribution in [0.4, 0.5) is 0 Å². The first-order valence-electron chi connectivity index (χ1n) is 6.32. The molecule has 1 fully saturated rings. The Hall–Kier alpha value is -0.570. The number of benzene rings is 1. The highest BCUT2D eigenvalue weighted by Crippen LogP contribution is 2.29. The van der Waals surface area contributed by atoms with Crippen LogP contribution in [0.3, 0.4) is 0 Å². The van der Waals surface area contributed by atoms with Gasteiger partial charge in [-0.1, -0.05) is 36.6 Å². The van der Waals surface area contributed by atoms with Crippen LogP contribution in [-0.4, -0.2) is 17.7 Å². The number of hydrogen-bond acceptors (Lipinski definition) is 2. The second-order valence-corrected chi connectivity index (χ2v) is 5.45. The van der Waals surface area contributed by atoms with E-state index >= 15 is 0 Å². The van der Waals surface area contributed by atoms with E-state index in [1.807, 2.05) is 31.2 Å². The average Bonchev–Trinajstić information content (AvgIpc) is 2.58. The smallest absolute Gasteiger partial charge is 0.102 e. The summed E-state index contributed by atoms with van der Waals surface area (Å²) in [5.74, 6) is 0. The molecule has 2 nitrogen and oxygen atoms in total. The minimum atomic E-state index is -0.824. The van der Waals surface area contributed by atoms with Crippen LogP contribution in [0.5, 0.6) is 0 Å². The van der Waals surface area contributed by atoms with Crippen molar-refractivity contribution >= 4 is 11.6 Å². The van der Waals surface area contributed by atoms with Crippen LogP contribution in [-0.2, 0) is 5.60 Å². The van der Waals surface area contributed by atoms with Gasteiger partial charge in [0, 0.05) is 11.1 Å². The molecule has 3 heteroatoms. The standard InChI is InChI=1S/C14H20ClNO/c1-14(17,11-6-8-12(15)9-7-11)13-5-3-2-4-10-16-13/h6-9,13,16-17H,2-5,10H2,1H3. The summed E-state index contributed by atoms with van der Waals surface area (Å²) in [6.07, 6.45) is 4.66. The van der Waals surface area contributed by atoms with Gasteiger partial charge in [0.05, 0.1) is 0 Å². The Labute approximate surface area is 108 Å². The molecule has 1 aromatic carbocycles. The van der Waals surface area contributed by atoms with Gasteiger partial charge in [0.1, 0.15) is 5.60 Å². The third-order valence-corrected chi connectivity index (χ3v) is 3.92. The Morgan fingerprint density at radius 1 is 1.24 bits per heavy atom. The van der Waals surface area contributed by atoms with Crippen molar-refractivity contribution in [2.75, 3.05) is 6.54 Å². The molecule has 0 aromatic heterocycles. The number of hydrogen-bond donors (Lipinski definition) is 2. The molecule has 0 saturated carbocycles. The van der Waals surface area contributed by atoms with Crippen LogP contribution in [0.15, 0.2) is 24.3 Å². The Kier molecular flexibility index (Phi) is 4.08. The summed E-state index contributed by atoms with van der Waals surface area (Å²) in [6.45, 7) is 2.88. The van der Waals surface area contributed by atoms with Gasteiger partial charge in [0.25, 0.3) is 0 Å². The number of halogens is 1. The third kappa shape index (κ3) is 3.01. The molecule has 2 N–H and O–H groups in total. The van der Waals surface area contributed by atoms with E-state index in [1.54, 1.807) is 0 Å². The molecule has 1 heterocycles. The molecule has 2 unspecified atom stereocenters. The molecule has 0 amide bonds. The van der Waals surface area contributed by atoms with Gasteiger partial charge < -0.3 is 10.4 Å². The van der Waals surface area contributed by atoms with Crippen LogP contribution in [0.2, 0.25) is 5.02 Å². The van der Waals surface area contributed by atoms with Crippen molar-refractivity contribution < 1.29 is 5.11 Å². The molecule has 2 rings (SSSR count). The van der Waals surface area contributed by atoms with E-state index in [0.717, 1.165) is 18.5 Å². The van der Waals surface area contributed by atoms with Crippen LogP contribution >= 0.6 is 11.6 Å². The Bertz CT molecular complexity index is 353. The first-order valence-corrected chi connectivity index (χ1v) is 6.70. The Balaban J connectivity index is 2.18. The molecular weight excluding hydrogens is 234 g/mol. The summed E-state index contributed by atoms with van der Waals surface area (Å²) < 4.78 is 0. The van der Waals surface area contributed by atoms with Crippen molar-refractivity contribution in [1.82, 2.24) is 5.32 Å². The van der Waals surface area contributed by atoms with Gasteiger partial charge in [-0.2, -0.15) is 0 Å². The lowest BCUT2D eigenvalue weighted by atomic mass is 9.86. The van der Waals surface area contributed by atoms with Gasteiger partial charge in [-0.25, -0.2) is 0 Å². The van der Waals surface area contributed by atoms with Crippen molar-refractivity contribution in [2.45, 2.75) is 44.2 Å². The summed E-state index contributed by atoms with van der Waals surface area (Å²) in [5, 5.41) is 14.9. The lowest BCUT2D eigenvalue weighted by Crippen LogP contribution is -2.46. The van der Waals surface area contributed by atoms with Crippen LogP contribution < -0.4 is 5.32 Å². The van der Waals surface area contributed by atoms with E-state index in [4.69, 9.17) is 11.6 Å². The second-order valence-electron chi connectivity index (χ2n) is 5.01. The van der Waals surface area contributed by atoms with Crippen molar-refractivity contribution in [1.29, 1.82) is 0 Å². The fourth-order valence-electron chi connectivity index (χ4n) is 2.50. The summed E-state index contributed by atoms with van der Waals surface area (Å²) in [6, 6.07) is 7.62. The zero-order chi connectivity index (χ0) is 12.3. The van der Waals surface area contributed by atoms with E-state index in [9.17, 15) is 5.11 Å². The van der Waals surface area contributed by atoms with Crippen LogP contribution in [0, 0.1) is 0 Å². The maximum Gasteiger partial charge on any atom is 0.102 e. The van der Waals surface area contributed by atoms with Gasteiger partial charge in [-0.3, -0.25) is 0 Å². The number of nitrogens with one attached hydrogen (secondary N) is 1. The molecule has 17 heavy (non-hydrogen) atoms. The molecule has 1 saturated heterocycles. The molecule has 0 radical (unpaired) electrons. The highest BCUT2D eigenvalue weighted by Gasteiger charge is 2.33. The van der Waals surface area contributed by atoms with E-state index in [-0.39, 0.29) is 6.04 Å². The van der Waals surface area contributed by atoms with Gasteiger partial charge >= 0.3 is 0 Å². The normalized spacial score (nSPS) is 25.0. The number of aliphatic hydroxyl groups is 1. The van der Waals surface area contributed by atoms with Gasteiger partial charge in [-0.05, 0) is 44.0 Å². The highest BCUT2D eigenvalue weighted by atomic mass is 35.5. The van der Waals surface area contributed by atoms with Crippen LogP contribution in [0.25, 0.3) is 0 Å². The fourth-order valence-corrected chi connectivity index (χ4v) is 2.62. The fraction of sp³-hybridized carbons (Fsp3) is 0.571. The van der Waals surface area contributed by atoms with Crippen LogP contribution in [0.1, 0.15) is 38.2 Å². The molecule has 1 aliphatic rings. The lowest BCUT2D eigenvalue weighted by Gasteiger charge is -2.33. The summed E-state index contributed by atoms with van der Waals surface area (Å²) >= 11 is 5.88. The molecule has 0 bridgehead atoms. The summed E-state index contributed by atoms with van der Waals surface area (Å²) in [4.78, 5) is 0. The minimum absolute atomic E-state index is 0.131. The first-order chi connectivity index (χ1) is 8.10. The van der Waals surface area contributed by atoms with E-state index in [2.05, 4.69) is 5.32 Å². The van der Waals surface area contributed by atoms with E-state index in [1.165, 1.54) is 19.3 Å². The molecule has 94 valence electrons. The molecule has 0 spiro atoms. The molecule has 2 atom stereocenters. The SMILES string of the molecule is CC(O)(c1ccc(Cl)cc1)C1CCCCCN1. The maximum atomic E-state index is 10.7. The highest BCUT2D eigenvalue weighted by molar-refractivity contribution is 6.30. The molecule has 1 aromatic rings.